The van der Waals surface area contributed by atoms with Crippen molar-refractivity contribution in [1.29, 1.82) is 0 Å². The standard InChI is InChI=1S/C12H9F4N3.CH5N/c13-9-6-17-11(12(14,15)16)5-8(9)10-4-7-2-1-3-19(7)18-10;1-2/h4-6H,1-3H2;2H2,1H3. The third-order valence-corrected chi connectivity index (χ3v) is 3.09. The zero-order valence-electron chi connectivity index (χ0n) is 11.3. The molecule has 0 amide bonds. The summed E-state index contributed by atoms with van der Waals surface area (Å²) >= 11 is 0. The Morgan fingerprint density at radius 1 is 1.24 bits per heavy atom. The molecule has 0 atom stereocenters. The third kappa shape index (κ3) is 3.05. The second kappa shape index (κ2) is 5.80. The average molecular weight is 302 g/mol. The fourth-order valence-corrected chi connectivity index (χ4v) is 2.18. The number of pyridine rings is 1. The first-order valence-corrected chi connectivity index (χ1v) is 6.33. The van der Waals surface area contributed by atoms with E-state index >= 15 is 0 Å². The van der Waals surface area contributed by atoms with Crippen molar-refractivity contribution in [2.45, 2.75) is 25.6 Å². The summed E-state index contributed by atoms with van der Waals surface area (Å²) in [5.74, 6) is -0.801. The molecule has 0 bridgehead atoms. The maximum atomic E-state index is 13.6. The summed E-state index contributed by atoms with van der Waals surface area (Å²) in [6.07, 6.45) is -2.24. The molecule has 1 aliphatic rings. The number of hydrogen-bond donors (Lipinski definition) is 1. The van der Waals surface area contributed by atoms with Gasteiger partial charge in [-0.05, 0) is 32.0 Å². The van der Waals surface area contributed by atoms with Crippen molar-refractivity contribution in [2.75, 3.05) is 7.05 Å². The lowest BCUT2D eigenvalue weighted by molar-refractivity contribution is -0.141. The highest BCUT2D eigenvalue weighted by Gasteiger charge is 2.33. The molecule has 0 fully saturated rings. The normalized spacial score (nSPS) is 13.6. The van der Waals surface area contributed by atoms with E-state index in [4.69, 9.17) is 0 Å². The van der Waals surface area contributed by atoms with Crippen LogP contribution in [0.5, 0.6) is 0 Å². The first kappa shape index (κ1) is 15.4. The molecule has 0 unspecified atom stereocenters. The monoisotopic (exact) mass is 302 g/mol. The summed E-state index contributed by atoms with van der Waals surface area (Å²) < 4.78 is 53.0. The summed E-state index contributed by atoms with van der Waals surface area (Å²) in [6.45, 7) is 0.716. The van der Waals surface area contributed by atoms with Crippen LogP contribution in [0.1, 0.15) is 17.8 Å². The molecular formula is C13H14F4N4. The van der Waals surface area contributed by atoms with Crippen molar-refractivity contribution in [2.24, 2.45) is 5.73 Å². The summed E-state index contributed by atoms with van der Waals surface area (Å²) in [5.41, 5.74) is 4.36. The van der Waals surface area contributed by atoms with Crippen molar-refractivity contribution >= 4 is 0 Å². The van der Waals surface area contributed by atoms with Gasteiger partial charge in [-0.15, -0.1) is 0 Å². The van der Waals surface area contributed by atoms with Crippen LogP contribution in [0.4, 0.5) is 17.6 Å². The van der Waals surface area contributed by atoms with Crippen LogP contribution in [0.15, 0.2) is 18.3 Å². The Bertz CT molecular complexity index is 612. The predicted octanol–water partition coefficient (Wildman–Crippen LogP) is 2.62. The van der Waals surface area contributed by atoms with Crippen molar-refractivity contribution < 1.29 is 17.6 Å². The van der Waals surface area contributed by atoms with Crippen LogP contribution in [0.3, 0.4) is 0 Å². The molecule has 2 aromatic rings. The summed E-state index contributed by atoms with van der Waals surface area (Å²) in [4.78, 5) is 3.06. The van der Waals surface area contributed by atoms with Gasteiger partial charge >= 0.3 is 6.18 Å². The van der Waals surface area contributed by atoms with Gasteiger partial charge in [0, 0.05) is 17.8 Å². The molecule has 0 aliphatic carbocycles. The molecular weight excluding hydrogens is 288 g/mol. The van der Waals surface area contributed by atoms with Gasteiger partial charge in [0.2, 0.25) is 0 Å². The van der Waals surface area contributed by atoms with E-state index in [9.17, 15) is 17.6 Å². The van der Waals surface area contributed by atoms with E-state index in [2.05, 4.69) is 15.8 Å². The second-order valence-electron chi connectivity index (χ2n) is 4.39. The lowest BCUT2D eigenvalue weighted by Gasteiger charge is -2.07. The predicted molar refractivity (Wildman–Crippen MR) is 68.9 cm³/mol. The number of aromatic nitrogens is 3. The highest BCUT2D eigenvalue weighted by Crippen LogP contribution is 2.32. The van der Waals surface area contributed by atoms with E-state index in [0.29, 0.717) is 18.8 Å². The zero-order valence-corrected chi connectivity index (χ0v) is 11.3. The second-order valence-corrected chi connectivity index (χ2v) is 4.39. The molecule has 2 aromatic heterocycles. The van der Waals surface area contributed by atoms with Crippen LogP contribution in [0, 0.1) is 5.82 Å². The molecule has 4 nitrogen and oxygen atoms in total. The maximum absolute atomic E-state index is 13.6. The number of aryl methyl sites for hydroxylation is 2. The van der Waals surface area contributed by atoms with Crippen LogP contribution in [0.25, 0.3) is 11.3 Å². The van der Waals surface area contributed by atoms with Gasteiger partial charge in [0.1, 0.15) is 5.69 Å². The van der Waals surface area contributed by atoms with Crippen molar-refractivity contribution in [3.8, 4) is 11.3 Å². The number of halogens is 4. The first-order chi connectivity index (χ1) is 9.95. The Hall–Kier alpha value is -1.96. The molecule has 3 heterocycles. The SMILES string of the molecule is CN.Fc1cnc(C(F)(F)F)cc1-c1cc2n(n1)CCC2. The van der Waals surface area contributed by atoms with Crippen LogP contribution in [-0.4, -0.2) is 21.8 Å². The molecule has 21 heavy (non-hydrogen) atoms. The molecule has 2 N–H and O–H groups in total. The Labute approximate surface area is 118 Å². The maximum Gasteiger partial charge on any atom is 0.433 e. The number of alkyl halides is 3. The lowest BCUT2D eigenvalue weighted by atomic mass is 10.1. The van der Waals surface area contributed by atoms with Crippen molar-refractivity contribution in [3.05, 3.63) is 35.5 Å². The molecule has 0 aromatic carbocycles. The number of fused-ring (bicyclic) bond motifs is 1. The molecule has 0 radical (unpaired) electrons. The van der Waals surface area contributed by atoms with E-state index in [-0.39, 0.29) is 11.3 Å². The smallest absolute Gasteiger partial charge is 0.333 e. The Balaban J connectivity index is 0.000000774. The van der Waals surface area contributed by atoms with Crippen LogP contribution in [0.2, 0.25) is 0 Å². The highest BCUT2D eigenvalue weighted by atomic mass is 19.4. The molecule has 8 heteroatoms. The number of nitrogens with zero attached hydrogens (tertiary/aromatic N) is 3. The molecule has 0 spiro atoms. The number of rotatable bonds is 1. The Morgan fingerprint density at radius 2 is 1.95 bits per heavy atom. The van der Waals surface area contributed by atoms with Crippen molar-refractivity contribution in [3.63, 3.8) is 0 Å². The molecule has 1 aliphatic heterocycles. The minimum absolute atomic E-state index is 0.163. The van der Waals surface area contributed by atoms with E-state index in [1.807, 2.05) is 0 Å². The summed E-state index contributed by atoms with van der Waals surface area (Å²) in [7, 11) is 1.50. The van der Waals surface area contributed by atoms with Gasteiger partial charge in [0.15, 0.2) is 5.82 Å². The molecule has 114 valence electrons. The Morgan fingerprint density at radius 3 is 2.57 bits per heavy atom. The molecule has 0 saturated heterocycles. The average Bonchev–Trinajstić information content (AvgIpc) is 3.01. The number of hydrogen-bond acceptors (Lipinski definition) is 3. The minimum atomic E-state index is -4.59. The van der Waals surface area contributed by atoms with Crippen molar-refractivity contribution in [1.82, 2.24) is 14.8 Å². The van der Waals surface area contributed by atoms with E-state index in [1.165, 1.54) is 7.05 Å². The fourth-order valence-electron chi connectivity index (χ4n) is 2.18. The highest BCUT2D eigenvalue weighted by molar-refractivity contribution is 5.60. The Kier molecular flexibility index (Phi) is 4.26. The topological polar surface area (TPSA) is 56.7 Å². The lowest BCUT2D eigenvalue weighted by Crippen LogP contribution is -2.08. The summed E-state index contributed by atoms with van der Waals surface area (Å²) in [6, 6.07) is 2.33. The van der Waals surface area contributed by atoms with Gasteiger partial charge in [0.25, 0.3) is 0 Å². The molecule has 0 saturated carbocycles. The van der Waals surface area contributed by atoms with E-state index < -0.39 is 17.7 Å². The third-order valence-electron chi connectivity index (χ3n) is 3.09. The summed E-state index contributed by atoms with van der Waals surface area (Å²) in [5, 5.41) is 4.13. The minimum Gasteiger partial charge on any atom is -0.333 e. The van der Waals surface area contributed by atoms with E-state index in [1.54, 1.807) is 10.7 Å². The van der Waals surface area contributed by atoms with Crippen LogP contribution < -0.4 is 5.73 Å². The van der Waals surface area contributed by atoms with Gasteiger partial charge in [-0.25, -0.2) is 9.37 Å². The van der Waals surface area contributed by atoms with Crippen LogP contribution in [-0.2, 0) is 19.1 Å². The van der Waals surface area contributed by atoms with Gasteiger partial charge in [-0.2, -0.15) is 18.3 Å². The van der Waals surface area contributed by atoms with Crippen LogP contribution >= 0.6 is 0 Å². The largest absolute Gasteiger partial charge is 0.433 e. The molecule has 3 rings (SSSR count). The van der Waals surface area contributed by atoms with Gasteiger partial charge < -0.3 is 5.73 Å². The van der Waals surface area contributed by atoms with E-state index in [0.717, 1.165) is 18.5 Å². The fraction of sp³-hybridized carbons (Fsp3) is 0.385. The van der Waals surface area contributed by atoms with Gasteiger partial charge in [-0.1, -0.05) is 0 Å². The zero-order chi connectivity index (χ0) is 15.6. The number of nitrogens with two attached hydrogens (primary N) is 1. The quantitative estimate of drug-likeness (QED) is 0.824. The van der Waals surface area contributed by atoms with Gasteiger partial charge in [0.05, 0.1) is 11.9 Å². The first-order valence-electron chi connectivity index (χ1n) is 6.33. The van der Waals surface area contributed by atoms with Gasteiger partial charge in [-0.3, -0.25) is 4.68 Å².